The lowest BCUT2D eigenvalue weighted by Crippen LogP contribution is -2.37. The van der Waals surface area contributed by atoms with Gasteiger partial charge >= 0.3 is 5.97 Å². The topological polar surface area (TPSA) is 57.7 Å². The van der Waals surface area contributed by atoms with E-state index in [4.69, 9.17) is 14.2 Å². The number of rotatable bonds is 4. The van der Waals surface area contributed by atoms with Gasteiger partial charge in [0, 0.05) is 18.0 Å². The zero-order valence-electron chi connectivity index (χ0n) is 12.1. The maximum Gasteiger partial charge on any atom is 0.338 e. The highest BCUT2D eigenvalue weighted by Crippen LogP contribution is 2.26. The van der Waals surface area contributed by atoms with Crippen LogP contribution in [0.3, 0.4) is 0 Å². The van der Waals surface area contributed by atoms with Gasteiger partial charge in [-0.3, -0.25) is 4.98 Å². The van der Waals surface area contributed by atoms with Crippen LogP contribution in [0.25, 0.3) is 0 Å². The molecule has 1 aliphatic heterocycles. The van der Waals surface area contributed by atoms with E-state index in [1.165, 1.54) is 0 Å². The van der Waals surface area contributed by atoms with Gasteiger partial charge in [0.1, 0.15) is 0 Å². The summed E-state index contributed by atoms with van der Waals surface area (Å²) in [5.74, 6) is -0.412. The van der Waals surface area contributed by atoms with Crippen molar-refractivity contribution in [3.05, 3.63) is 66.0 Å². The monoisotopic (exact) mass is 299 g/mol. The fourth-order valence-corrected chi connectivity index (χ4v) is 2.31. The van der Waals surface area contributed by atoms with Crippen molar-refractivity contribution >= 4 is 5.97 Å². The van der Waals surface area contributed by atoms with Gasteiger partial charge in [-0.05, 0) is 17.7 Å². The Balaban J connectivity index is 1.81. The number of esters is 1. The van der Waals surface area contributed by atoms with Crippen LogP contribution in [0.4, 0.5) is 0 Å². The second kappa shape index (κ2) is 7.15. The summed E-state index contributed by atoms with van der Waals surface area (Å²) in [4.78, 5) is 16.3. The van der Waals surface area contributed by atoms with Crippen molar-refractivity contribution in [3.63, 3.8) is 0 Å². The SMILES string of the molecule is O=C(OC(c1ccccc1)c1ccncc1)C1COCCO1. The van der Waals surface area contributed by atoms with Gasteiger partial charge in [-0.2, -0.15) is 0 Å². The summed E-state index contributed by atoms with van der Waals surface area (Å²) in [6, 6.07) is 13.3. The quantitative estimate of drug-likeness (QED) is 0.810. The summed E-state index contributed by atoms with van der Waals surface area (Å²) in [6.07, 6.45) is 2.21. The third-order valence-electron chi connectivity index (χ3n) is 3.42. The Bertz CT molecular complexity index is 557. The summed E-state index contributed by atoms with van der Waals surface area (Å²) in [7, 11) is 0. The first-order valence-electron chi connectivity index (χ1n) is 7.19. The average Bonchev–Trinajstić information content (AvgIpc) is 2.62. The van der Waals surface area contributed by atoms with Crippen LogP contribution in [0.1, 0.15) is 17.2 Å². The number of nitrogens with zero attached hydrogens (tertiary/aromatic N) is 1. The second-order valence-electron chi connectivity index (χ2n) is 4.94. The van der Waals surface area contributed by atoms with Crippen molar-refractivity contribution in [2.24, 2.45) is 0 Å². The van der Waals surface area contributed by atoms with E-state index in [1.807, 2.05) is 42.5 Å². The minimum Gasteiger partial charge on any atom is -0.451 e. The van der Waals surface area contributed by atoms with Gasteiger partial charge in [0.25, 0.3) is 0 Å². The van der Waals surface area contributed by atoms with Gasteiger partial charge in [0.2, 0.25) is 0 Å². The number of carbonyl (C=O) groups excluding carboxylic acids is 1. The third-order valence-corrected chi connectivity index (χ3v) is 3.42. The smallest absolute Gasteiger partial charge is 0.338 e. The summed E-state index contributed by atoms with van der Waals surface area (Å²) in [6.45, 7) is 1.15. The highest BCUT2D eigenvalue weighted by Gasteiger charge is 2.28. The van der Waals surface area contributed by atoms with Crippen LogP contribution >= 0.6 is 0 Å². The van der Waals surface area contributed by atoms with Gasteiger partial charge in [0.05, 0.1) is 19.8 Å². The van der Waals surface area contributed by atoms with Crippen LogP contribution in [-0.4, -0.2) is 36.9 Å². The molecule has 1 aliphatic rings. The zero-order chi connectivity index (χ0) is 15.2. The maximum absolute atomic E-state index is 12.3. The Morgan fingerprint density at radius 1 is 1.09 bits per heavy atom. The van der Waals surface area contributed by atoms with E-state index in [1.54, 1.807) is 12.4 Å². The lowest BCUT2D eigenvalue weighted by atomic mass is 10.0. The summed E-state index contributed by atoms with van der Waals surface area (Å²) in [5, 5.41) is 0. The molecule has 114 valence electrons. The van der Waals surface area contributed by atoms with Crippen LogP contribution < -0.4 is 0 Å². The molecule has 5 heteroatoms. The predicted molar refractivity (Wildman–Crippen MR) is 79.2 cm³/mol. The Kier molecular flexibility index (Phi) is 4.78. The molecule has 5 nitrogen and oxygen atoms in total. The van der Waals surface area contributed by atoms with E-state index >= 15 is 0 Å². The van der Waals surface area contributed by atoms with Crippen LogP contribution in [0, 0.1) is 0 Å². The lowest BCUT2D eigenvalue weighted by molar-refractivity contribution is -0.174. The van der Waals surface area contributed by atoms with Crippen molar-refractivity contribution in [2.45, 2.75) is 12.2 Å². The van der Waals surface area contributed by atoms with Crippen LogP contribution in [0.5, 0.6) is 0 Å². The molecule has 0 bridgehead atoms. The van der Waals surface area contributed by atoms with Gasteiger partial charge in [-0.25, -0.2) is 4.79 Å². The number of benzene rings is 1. The second-order valence-corrected chi connectivity index (χ2v) is 4.94. The van der Waals surface area contributed by atoms with Crippen LogP contribution in [-0.2, 0) is 19.0 Å². The van der Waals surface area contributed by atoms with E-state index in [-0.39, 0.29) is 6.61 Å². The van der Waals surface area contributed by atoms with Crippen molar-refractivity contribution in [3.8, 4) is 0 Å². The molecule has 2 atom stereocenters. The first-order valence-corrected chi connectivity index (χ1v) is 7.19. The van der Waals surface area contributed by atoms with Gasteiger partial charge in [-0.15, -0.1) is 0 Å². The van der Waals surface area contributed by atoms with Crippen molar-refractivity contribution in [1.82, 2.24) is 4.98 Å². The fraction of sp³-hybridized carbons (Fsp3) is 0.294. The zero-order valence-corrected chi connectivity index (χ0v) is 12.1. The molecule has 0 saturated carbocycles. The number of hydrogen-bond acceptors (Lipinski definition) is 5. The normalized spacial score (nSPS) is 19.4. The molecule has 1 aromatic carbocycles. The molecule has 22 heavy (non-hydrogen) atoms. The maximum atomic E-state index is 12.3. The summed E-state index contributed by atoms with van der Waals surface area (Å²) < 4.78 is 16.4. The standard InChI is InChI=1S/C17H17NO4/c19-17(15-12-20-10-11-21-15)22-16(13-4-2-1-3-5-13)14-6-8-18-9-7-14/h1-9,15-16H,10-12H2. The molecule has 2 aromatic rings. The van der Waals surface area contributed by atoms with Crippen LogP contribution in [0.2, 0.25) is 0 Å². The molecule has 1 fully saturated rings. The fourth-order valence-electron chi connectivity index (χ4n) is 2.31. The molecule has 0 aliphatic carbocycles. The molecular weight excluding hydrogens is 282 g/mol. The molecule has 3 rings (SSSR count). The molecule has 1 saturated heterocycles. The summed E-state index contributed by atoms with van der Waals surface area (Å²) >= 11 is 0. The lowest BCUT2D eigenvalue weighted by Gasteiger charge is -2.25. The highest BCUT2D eigenvalue weighted by atomic mass is 16.6. The van der Waals surface area contributed by atoms with E-state index < -0.39 is 18.2 Å². The van der Waals surface area contributed by atoms with Gasteiger partial charge in [0.15, 0.2) is 12.2 Å². The summed E-state index contributed by atoms with van der Waals surface area (Å²) in [5.41, 5.74) is 1.77. The predicted octanol–water partition coefficient (Wildman–Crippen LogP) is 2.13. The van der Waals surface area contributed by atoms with Gasteiger partial charge < -0.3 is 14.2 Å². The number of pyridine rings is 1. The van der Waals surface area contributed by atoms with Crippen molar-refractivity contribution in [1.29, 1.82) is 0 Å². The van der Waals surface area contributed by atoms with E-state index in [0.717, 1.165) is 11.1 Å². The largest absolute Gasteiger partial charge is 0.451 e. The molecule has 1 aromatic heterocycles. The first kappa shape index (κ1) is 14.7. The number of hydrogen-bond donors (Lipinski definition) is 0. The molecule has 0 amide bonds. The van der Waals surface area contributed by atoms with Gasteiger partial charge in [-0.1, -0.05) is 30.3 Å². The Hall–Kier alpha value is -2.24. The minimum atomic E-state index is -0.665. The van der Waals surface area contributed by atoms with E-state index in [2.05, 4.69) is 4.98 Å². The third kappa shape index (κ3) is 3.50. The molecule has 0 radical (unpaired) electrons. The van der Waals surface area contributed by atoms with E-state index in [0.29, 0.717) is 13.2 Å². The Morgan fingerprint density at radius 3 is 2.50 bits per heavy atom. The minimum absolute atomic E-state index is 0.233. The van der Waals surface area contributed by atoms with Crippen LogP contribution in [0.15, 0.2) is 54.9 Å². The molecule has 0 spiro atoms. The highest BCUT2D eigenvalue weighted by molar-refractivity contribution is 5.75. The molecule has 2 unspecified atom stereocenters. The van der Waals surface area contributed by atoms with Crippen molar-refractivity contribution in [2.75, 3.05) is 19.8 Å². The Labute approximate surface area is 128 Å². The number of carbonyl (C=O) groups is 1. The molecule has 0 N–H and O–H groups in total. The number of aromatic nitrogens is 1. The van der Waals surface area contributed by atoms with E-state index in [9.17, 15) is 4.79 Å². The Morgan fingerprint density at radius 2 is 1.82 bits per heavy atom. The van der Waals surface area contributed by atoms with Crippen molar-refractivity contribution < 1.29 is 19.0 Å². The number of ether oxygens (including phenoxy) is 3. The first-order chi connectivity index (χ1) is 10.8. The molecular formula is C17H17NO4. The molecule has 2 heterocycles. The average molecular weight is 299 g/mol.